The average molecular weight is 398 g/mol. The van der Waals surface area contributed by atoms with Crippen LogP contribution in [0.4, 0.5) is 21.6 Å². The third-order valence-electron chi connectivity index (χ3n) is 5.63. The number of nitrogen functional groups attached to an aromatic ring is 1. The highest BCUT2D eigenvalue weighted by molar-refractivity contribution is 6.12. The molecule has 1 amide bonds. The number of nitrogens with one attached hydrogen (secondary N) is 1. The molecule has 2 saturated heterocycles. The second kappa shape index (κ2) is 6.62. The van der Waals surface area contributed by atoms with E-state index in [0.29, 0.717) is 11.1 Å². The Labute approximate surface area is 164 Å². The molecule has 3 aromatic heterocycles. The quantitative estimate of drug-likeness (QED) is 0.672. The summed E-state index contributed by atoms with van der Waals surface area (Å²) in [7, 11) is 0. The molecule has 0 saturated carbocycles. The lowest BCUT2D eigenvalue weighted by molar-refractivity contribution is -0.124. The molecule has 2 aliphatic rings. The van der Waals surface area contributed by atoms with Gasteiger partial charge in [-0.25, -0.2) is 13.9 Å². The molecule has 11 heteroatoms. The Bertz CT molecular complexity index is 1090. The molecule has 29 heavy (non-hydrogen) atoms. The lowest BCUT2D eigenvalue weighted by Gasteiger charge is -2.47. The van der Waals surface area contributed by atoms with Crippen LogP contribution in [0.3, 0.4) is 0 Å². The van der Waals surface area contributed by atoms with E-state index in [2.05, 4.69) is 30.5 Å². The highest BCUT2D eigenvalue weighted by atomic mass is 19.1. The van der Waals surface area contributed by atoms with Gasteiger partial charge in [0.15, 0.2) is 17.3 Å². The number of carbonyl (C=O) groups excluding carboxylic acids is 1. The highest BCUT2D eigenvalue weighted by Gasteiger charge is 2.41. The fourth-order valence-corrected chi connectivity index (χ4v) is 3.90. The van der Waals surface area contributed by atoms with Gasteiger partial charge in [0.2, 0.25) is 0 Å². The van der Waals surface area contributed by atoms with Gasteiger partial charge < -0.3 is 20.7 Å². The van der Waals surface area contributed by atoms with Crippen molar-refractivity contribution in [3.05, 3.63) is 36.2 Å². The van der Waals surface area contributed by atoms with Gasteiger partial charge in [0.05, 0.1) is 49.4 Å². The van der Waals surface area contributed by atoms with Crippen LogP contribution >= 0.6 is 0 Å². The first-order valence-electron chi connectivity index (χ1n) is 9.29. The fourth-order valence-electron chi connectivity index (χ4n) is 3.90. The van der Waals surface area contributed by atoms with Crippen LogP contribution in [0, 0.1) is 11.2 Å². The summed E-state index contributed by atoms with van der Waals surface area (Å²) in [5.74, 6) is -1.10. The number of ether oxygens (including phenoxy) is 1. The maximum atomic E-state index is 13.4. The molecule has 150 valence electrons. The van der Waals surface area contributed by atoms with Crippen molar-refractivity contribution in [1.82, 2.24) is 24.8 Å². The molecule has 0 atom stereocenters. The van der Waals surface area contributed by atoms with Gasteiger partial charge in [0.1, 0.15) is 5.56 Å². The number of hydrogen-bond acceptors (Lipinski definition) is 8. The maximum Gasteiger partial charge on any atom is 0.263 e. The molecule has 0 bridgehead atoms. The van der Waals surface area contributed by atoms with Gasteiger partial charge >= 0.3 is 0 Å². The Kier molecular flexibility index (Phi) is 4.05. The lowest BCUT2D eigenvalue weighted by Crippen LogP contribution is -2.51. The number of piperidine rings is 1. The molecule has 5 rings (SSSR count). The van der Waals surface area contributed by atoms with Gasteiger partial charge in [-0.15, -0.1) is 5.10 Å². The summed E-state index contributed by atoms with van der Waals surface area (Å²) >= 11 is 0. The largest absolute Gasteiger partial charge is 0.381 e. The normalized spacial score (nSPS) is 18.0. The number of aromatic nitrogens is 5. The van der Waals surface area contributed by atoms with Crippen LogP contribution in [-0.2, 0) is 4.74 Å². The molecular formula is C18H19FN8O2. The number of nitrogens with two attached hydrogens (primary N) is 1. The smallest absolute Gasteiger partial charge is 0.263 e. The van der Waals surface area contributed by atoms with Gasteiger partial charge in [-0.1, -0.05) is 0 Å². The van der Waals surface area contributed by atoms with Crippen LogP contribution in [0.25, 0.3) is 5.65 Å². The van der Waals surface area contributed by atoms with Crippen LogP contribution in [0.15, 0.2) is 24.8 Å². The molecular weight excluding hydrogens is 379 g/mol. The Morgan fingerprint density at radius 1 is 1.21 bits per heavy atom. The number of anilines is 3. The van der Waals surface area contributed by atoms with E-state index in [4.69, 9.17) is 10.5 Å². The van der Waals surface area contributed by atoms with E-state index in [1.807, 2.05) is 0 Å². The second-order valence-corrected chi connectivity index (χ2v) is 7.52. The summed E-state index contributed by atoms with van der Waals surface area (Å²) in [5.41, 5.74) is 7.75. The van der Waals surface area contributed by atoms with Crippen LogP contribution < -0.4 is 16.0 Å². The van der Waals surface area contributed by atoms with Crippen LogP contribution in [0.2, 0.25) is 0 Å². The number of amides is 1. The Hall–Kier alpha value is -3.34. The van der Waals surface area contributed by atoms with Gasteiger partial charge in [-0.2, -0.15) is 10.2 Å². The van der Waals surface area contributed by atoms with Crippen molar-refractivity contribution < 1.29 is 13.9 Å². The molecule has 0 radical (unpaired) electrons. The zero-order valence-electron chi connectivity index (χ0n) is 15.5. The van der Waals surface area contributed by atoms with E-state index >= 15 is 0 Å². The maximum absolute atomic E-state index is 13.4. The van der Waals surface area contributed by atoms with Gasteiger partial charge in [-0.3, -0.25) is 4.79 Å². The molecule has 0 aliphatic carbocycles. The topological polar surface area (TPSA) is 124 Å². The number of carbonyl (C=O) groups is 1. The first-order chi connectivity index (χ1) is 14.0. The molecule has 0 aromatic carbocycles. The van der Waals surface area contributed by atoms with Gasteiger partial charge in [0, 0.05) is 18.5 Å². The van der Waals surface area contributed by atoms with E-state index in [1.165, 1.54) is 6.20 Å². The summed E-state index contributed by atoms with van der Waals surface area (Å²) < 4.78 is 19.9. The average Bonchev–Trinajstić information content (AvgIpc) is 3.02. The summed E-state index contributed by atoms with van der Waals surface area (Å²) in [4.78, 5) is 19.1. The number of hydrogen-bond donors (Lipinski definition) is 2. The molecule has 2 aliphatic heterocycles. The Morgan fingerprint density at radius 3 is 2.69 bits per heavy atom. The third kappa shape index (κ3) is 3.03. The number of halogens is 1. The molecule has 3 N–H and O–H groups in total. The van der Waals surface area contributed by atoms with Crippen LogP contribution in [-0.4, -0.2) is 57.0 Å². The molecule has 3 aromatic rings. The van der Waals surface area contributed by atoms with Crippen molar-refractivity contribution >= 4 is 28.7 Å². The fraction of sp³-hybridized carbons (Fsp3) is 0.389. The van der Waals surface area contributed by atoms with Crippen LogP contribution in [0.1, 0.15) is 23.2 Å². The monoisotopic (exact) mass is 398 g/mol. The van der Waals surface area contributed by atoms with E-state index < -0.39 is 11.7 Å². The van der Waals surface area contributed by atoms with E-state index in [1.54, 1.807) is 6.20 Å². The predicted molar refractivity (Wildman–Crippen MR) is 102 cm³/mol. The Balaban J connectivity index is 1.40. The highest BCUT2D eigenvalue weighted by Crippen LogP contribution is 2.40. The summed E-state index contributed by atoms with van der Waals surface area (Å²) in [6.07, 6.45) is 7.32. The SMILES string of the molecule is Nc1nn2cc(F)cnc2c1C(=O)Nc1cnncc1N1CCC2(CC1)COC2. The molecule has 5 heterocycles. The lowest BCUT2D eigenvalue weighted by atomic mass is 9.77. The van der Waals surface area contributed by atoms with Crippen molar-refractivity contribution in [2.24, 2.45) is 5.41 Å². The minimum absolute atomic E-state index is 0.0333. The summed E-state index contributed by atoms with van der Waals surface area (Å²) in [6, 6.07) is 0. The van der Waals surface area contributed by atoms with Crippen molar-refractivity contribution in [3.63, 3.8) is 0 Å². The van der Waals surface area contributed by atoms with Crippen molar-refractivity contribution in [1.29, 1.82) is 0 Å². The zero-order valence-corrected chi connectivity index (χ0v) is 15.5. The second-order valence-electron chi connectivity index (χ2n) is 7.52. The van der Waals surface area contributed by atoms with Crippen molar-refractivity contribution in [2.75, 3.05) is 42.3 Å². The third-order valence-corrected chi connectivity index (χ3v) is 5.63. The zero-order chi connectivity index (χ0) is 20.0. The Morgan fingerprint density at radius 2 is 1.97 bits per heavy atom. The summed E-state index contributed by atoms with van der Waals surface area (Å²) in [5, 5.41) is 14.7. The molecule has 1 spiro atoms. The van der Waals surface area contributed by atoms with Crippen molar-refractivity contribution in [2.45, 2.75) is 12.8 Å². The minimum atomic E-state index is -0.577. The molecule has 0 unspecified atom stereocenters. The van der Waals surface area contributed by atoms with Gasteiger partial charge in [-0.05, 0) is 12.8 Å². The van der Waals surface area contributed by atoms with Crippen LogP contribution in [0.5, 0.6) is 0 Å². The molecule has 10 nitrogen and oxygen atoms in total. The summed E-state index contributed by atoms with van der Waals surface area (Å²) in [6.45, 7) is 3.33. The molecule has 2 fully saturated rings. The van der Waals surface area contributed by atoms with E-state index in [-0.39, 0.29) is 17.0 Å². The first kappa shape index (κ1) is 17.7. The number of nitrogens with zero attached hydrogens (tertiary/aromatic N) is 6. The number of rotatable bonds is 3. The van der Waals surface area contributed by atoms with Crippen molar-refractivity contribution in [3.8, 4) is 0 Å². The van der Waals surface area contributed by atoms with E-state index in [0.717, 1.165) is 61.7 Å². The first-order valence-corrected chi connectivity index (χ1v) is 9.29. The van der Waals surface area contributed by atoms with E-state index in [9.17, 15) is 9.18 Å². The predicted octanol–water partition coefficient (Wildman–Crippen LogP) is 1.11. The van der Waals surface area contributed by atoms with Gasteiger partial charge in [0.25, 0.3) is 5.91 Å². The minimum Gasteiger partial charge on any atom is -0.381 e. The standard InChI is InChI=1S/C18H19FN8O2/c19-11-5-21-16-14(15(20)25-27(16)8-11)17(28)24-12-6-22-23-7-13(12)26-3-1-18(2-4-26)9-29-10-18/h5-8H,1-4,9-10H2,(H2,20,25)(H,23,24,28). The number of fused-ring (bicyclic) bond motifs is 1.